The molecule has 0 aliphatic carbocycles. The minimum atomic E-state index is -0.491. The van der Waals surface area contributed by atoms with Crippen molar-refractivity contribution in [1.82, 2.24) is 14.7 Å². The zero-order valence-electron chi connectivity index (χ0n) is 17.0. The summed E-state index contributed by atoms with van der Waals surface area (Å²) in [5.74, 6) is -0.668. The lowest BCUT2D eigenvalue weighted by Gasteiger charge is -2.35. The Balaban J connectivity index is 1.33. The van der Waals surface area contributed by atoms with Crippen LogP contribution in [0.1, 0.15) is 39.1 Å². The number of hydrogen-bond acceptors (Lipinski definition) is 3. The normalized spacial score (nSPS) is 16.7. The molecule has 0 N–H and O–H groups in total. The van der Waals surface area contributed by atoms with Crippen LogP contribution in [0.3, 0.4) is 0 Å². The Kier molecular flexibility index (Phi) is 6.23. The van der Waals surface area contributed by atoms with E-state index in [4.69, 9.17) is 11.6 Å². The van der Waals surface area contributed by atoms with Crippen LogP contribution in [0.2, 0.25) is 5.02 Å². The van der Waals surface area contributed by atoms with Crippen LogP contribution in [0.4, 0.5) is 4.39 Å². The Morgan fingerprint density at radius 2 is 1.55 bits per heavy atom. The van der Waals surface area contributed by atoms with Crippen molar-refractivity contribution in [3.63, 3.8) is 0 Å². The molecule has 2 aliphatic heterocycles. The summed E-state index contributed by atoms with van der Waals surface area (Å²) in [5, 5.41) is 0.0826. The second-order valence-corrected chi connectivity index (χ2v) is 8.23. The lowest BCUT2D eigenvalue weighted by Crippen LogP contribution is -2.50. The molecule has 2 fully saturated rings. The fourth-order valence-corrected chi connectivity index (χ4v) is 4.22. The summed E-state index contributed by atoms with van der Waals surface area (Å²) >= 11 is 6.00. The van der Waals surface area contributed by atoms with Crippen molar-refractivity contribution >= 4 is 29.3 Å². The van der Waals surface area contributed by atoms with E-state index in [0.29, 0.717) is 44.7 Å². The fraction of sp³-hybridized carbons (Fsp3) is 0.348. The van der Waals surface area contributed by atoms with Crippen molar-refractivity contribution in [2.45, 2.75) is 19.4 Å². The van der Waals surface area contributed by atoms with Gasteiger partial charge in [-0.25, -0.2) is 4.39 Å². The van der Waals surface area contributed by atoms with E-state index in [1.54, 1.807) is 21.9 Å². The van der Waals surface area contributed by atoms with Gasteiger partial charge in [-0.3, -0.25) is 14.4 Å². The van der Waals surface area contributed by atoms with Gasteiger partial charge >= 0.3 is 0 Å². The number of piperazine rings is 1. The summed E-state index contributed by atoms with van der Waals surface area (Å²) in [6, 6.07) is 11.1. The van der Waals surface area contributed by atoms with Gasteiger partial charge in [-0.05, 0) is 42.3 Å². The third-order valence-corrected chi connectivity index (χ3v) is 6.07. The average Bonchev–Trinajstić information content (AvgIpc) is 3.18. The number of amides is 3. The topological polar surface area (TPSA) is 60.9 Å². The maximum Gasteiger partial charge on any atom is 0.255 e. The van der Waals surface area contributed by atoms with Crippen molar-refractivity contribution in [1.29, 1.82) is 0 Å². The molecule has 0 spiro atoms. The van der Waals surface area contributed by atoms with Gasteiger partial charge in [-0.15, -0.1) is 0 Å². The predicted octanol–water partition coefficient (Wildman–Crippen LogP) is 3.20. The molecule has 6 nitrogen and oxygen atoms in total. The summed E-state index contributed by atoms with van der Waals surface area (Å²) in [6.07, 6.45) is 1.51. The van der Waals surface area contributed by atoms with E-state index >= 15 is 0 Å². The summed E-state index contributed by atoms with van der Waals surface area (Å²) in [7, 11) is 0. The highest BCUT2D eigenvalue weighted by atomic mass is 35.5. The molecule has 0 radical (unpaired) electrons. The lowest BCUT2D eigenvalue weighted by molar-refractivity contribution is -0.128. The second-order valence-electron chi connectivity index (χ2n) is 7.82. The minimum absolute atomic E-state index is 0.0826. The van der Waals surface area contributed by atoms with Crippen LogP contribution >= 0.6 is 11.6 Å². The maximum atomic E-state index is 13.2. The highest BCUT2D eigenvalue weighted by Crippen LogP contribution is 2.21. The Morgan fingerprint density at radius 3 is 2.13 bits per heavy atom. The predicted molar refractivity (Wildman–Crippen MR) is 114 cm³/mol. The standard InChI is InChI=1S/C23H23ClFN3O3/c24-20-14-18(25)7-8-19(20)23(31)27-12-10-26(11-13-27)22(30)17-5-3-16(4-6-17)15-28-9-1-2-21(28)29/h3-8,14H,1-2,9-13,15H2. The number of carbonyl (C=O) groups is 3. The molecule has 3 amide bonds. The van der Waals surface area contributed by atoms with Crippen molar-refractivity contribution in [2.24, 2.45) is 0 Å². The van der Waals surface area contributed by atoms with Gasteiger partial charge in [0.15, 0.2) is 0 Å². The SMILES string of the molecule is O=C1CCCN1Cc1ccc(C(=O)N2CCN(C(=O)c3ccc(F)cc3Cl)CC2)cc1. The number of benzene rings is 2. The Morgan fingerprint density at radius 1 is 0.903 bits per heavy atom. The lowest BCUT2D eigenvalue weighted by atomic mass is 10.1. The van der Waals surface area contributed by atoms with Gasteiger partial charge < -0.3 is 14.7 Å². The Bertz CT molecular complexity index is 1000. The molecule has 0 unspecified atom stereocenters. The molecule has 0 atom stereocenters. The van der Waals surface area contributed by atoms with Crippen LogP contribution in [0, 0.1) is 5.82 Å². The van der Waals surface area contributed by atoms with E-state index in [-0.39, 0.29) is 28.3 Å². The van der Waals surface area contributed by atoms with E-state index in [0.717, 1.165) is 24.6 Å². The number of carbonyl (C=O) groups excluding carboxylic acids is 3. The van der Waals surface area contributed by atoms with Crippen molar-refractivity contribution in [2.75, 3.05) is 32.7 Å². The van der Waals surface area contributed by atoms with E-state index < -0.39 is 5.82 Å². The van der Waals surface area contributed by atoms with Crippen molar-refractivity contribution in [3.05, 3.63) is 70.0 Å². The van der Waals surface area contributed by atoms with E-state index in [1.165, 1.54) is 12.1 Å². The van der Waals surface area contributed by atoms with Crippen LogP contribution in [0.15, 0.2) is 42.5 Å². The molecule has 31 heavy (non-hydrogen) atoms. The van der Waals surface area contributed by atoms with Crippen LogP contribution in [-0.4, -0.2) is 65.1 Å². The zero-order valence-corrected chi connectivity index (χ0v) is 17.8. The summed E-state index contributed by atoms with van der Waals surface area (Å²) in [4.78, 5) is 42.5. The third-order valence-electron chi connectivity index (χ3n) is 5.76. The molecule has 8 heteroatoms. The van der Waals surface area contributed by atoms with E-state index in [2.05, 4.69) is 0 Å². The number of rotatable bonds is 4. The molecule has 2 heterocycles. The molecule has 0 aromatic heterocycles. The van der Waals surface area contributed by atoms with Gasteiger partial charge in [0.2, 0.25) is 5.91 Å². The van der Waals surface area contributed by atoms with Gasteiger partial charge in [0.25, 0.3) is 11.8 Å². The van der Waals surface area contributed by atoms with Gasteiger partial charge in [0, 0.05) is 51.3 Å². The highest BCUT2D eigenvalue weighted by Gasteiger charge is 2.27. The van der Waals surface area contributed by atoms with E-state index in [1.807, 2.05) is 17.0 Å². The minimum Gasteiger partial charge on any atom is -0.338 e. The molecular weight excluding hydrogens is 421 g/mol. The third kappa shape index (κ3) is 4.71. The van der Waals surface area contributed by atoms with Crippen LogP contribution < -0.4 is 0 Å². The van der Waals surface area contributed by atoms with Crippen molar-refractivity contribution < 1.29 is 18.8 Å². The summed E-state index contributed by atoms with van der Waals surface area (Å²) in [5.41, 5.74) is 1.84. The van der Waals surface area contributed by atoms with Gasteiger partial charge in [-0.1, -0.05) is 23.7 Å². The first-order chi connectivity index (χ1) is 14.9. The average molecular weight is 444 g/mol. The van der Waals surface area contributed by atoms with Gasteiger partial charge in [0.1, 0.15) is 5.82 Å². The van der Waals surface area contributed by atoms with Crippen LogP contribution in [0.5, 0.6) is 0 Å². The molecule has 4 rings (SSSR count). The second kappa shape index (κ2) is 9.06. The summed E-state index contributed by atoms with van der Waals surface area (Å²) in [6.45, 7) is 2.94. The highest BCUT2D eigenvalue weighted by molar-refractivity contribution is 6.33. The largest absolute Gasteiger partial charge is 0.338 e. The first-order valence-electron chi connectivity index (χ1n) is 10.3. The fourth-order valence-electron chi connectivity index (χ4n) is 3.97. The number of likely N-dealkylation sites (tertiary alicyclic amines) is 1. The monoisotopic (exact) mass is 443 g/mol. The Hall–Kier alpha value is -2.93. The molecule has 2 aromatic rings. The van der Waals surface area contributed by atoms with Crippen LogP contribution in [0.25, 0.3) is 0 Å². The zero-order chi connectivity index (χ0) is 22.0. The Labute approximate surface area is 185 Å². The van der Waals surface area contributed by atoms with Gasteiger partial charge in [-0.2, -0.15) is 0 Å². The number of hydrogen-bond donors (Lipinski definition) is 0. The molecule has 2 aliphatic rings. The number of halogens is 2. The molecule has 2 saturated heterocycles. The molecular formula is C23H23ClFN3O3. The molecule has 162 valence electrons. The first-order valence-corrected chi connectivity index (χ1v) is 10.7. The molecule has 0 saturated carbocycles. The van der Waals surface area contributed by atoms with Crippen LogP contribution in [-0.2, 0) is 11.3 Å². The quantitative estimate of drug-likeness (QED) is 0.729. The van der Waals surface area contributed by atoms with Gasteiger partial charge in [0.05, 0.1) is 10.6 Å². The van der Waals surface area contributed by atoms with Crippen molar-refractivity contribution in [3.8, 4) is 0 Å². The number of nitrogens with zero attached hydrogens (tertiary/aromatic N) is 3. The molecule has 0 bridgehead atoms. The van der Waals surface area contributed by atoms with E-state index in [9.17, 15) is 18.8 Å². The summed E-state index contributed by atoms with van der Waals surface area (Å²) < 4.78 is 13.2. The smallest absolute Gasteiger partial charge is 0.255 e. The molecule has 2 aromatic carbocycles. The first kappa shape index (κ1) is 21.3. The maximum absolute atomic E-state index is 13.2.